The Morgan fingerprint density at radius 2 is 2.00 bits per heavy atom. The van der Waals surface area contributed by atoms with Crippen LogP contribution in [-0.4, -0.2) is 30.2 Å². The third kappa shape index (κ3) is 3.66. The fourth-order valence-corrected chi connectivity index (χ4v) is 3.73. The molecule has 1 amide bonds. The first-order valence-electron chi connectivity index (χ1n) is 9.92. The van der Waals surface area contributed by atoms with Gasteiger partial charge in [0.2, 0.25) is 5.82 Å². The molecule has 2 heterocycles. The van der Waals surface area contributed by atoms with E-state index in [9.17, 15) is 9.59 Å². The number of benzene rings is 2. The zero-order chi connectivity index (χ0) is 21.5. The van der Waals surface area contributed by atoms with Crippen LogP contribution in [0.3, 0.4) is 0 Å². The van der Waals surface area contributed by atoms with Gasteiger partial charge in [-0.2, -0.15) is 0 Å². The molecule has 1 aliphatic rings. The number of imidazole rings is 1. The molecule has 2 aromatic carbocycles. The molecule has 0 bridgehead atoms. The van der Waals surface area contributed by atoms with Crippen molar-refractivity contribution < 1.29 is 4.79 Å². The van der Waals surface area contributed by atoms with E-state index in [2.05, 4.69) is 20.4 Å². The number of rotatable bonds is 5. The molecule has 0 saturated heterocycles. The van der Waals surface area contributed by atoms with Gasteiger partial charge in [-0.1, -0.05) is 29.8 Å². The van der Waals surface area contributed by atoms with Crippen molar-refractivity contribution in [2.75, 3.05) is 5.32 Å². The Balaban J connectivity index is 1.46. The minimum absolute atomic E-state index is 0.0715. The van der Waals surface area contributed by atoms with Crippen molar-refractivity contribution in [1.82, 2.24) is 24.3 Å². The fraction of sp³-hybridized carbons (Fsp3) is 0.182. The van der Waals surface area contributed by atoms with E-state index in [4.69, 9.17) is 11.6 Å². The summed E-state index contributed by atoms with van der Waals surface area (Å²) in [6.07, 6.45) is 3.66. The molecule has 0 spiro atoms. The lowest BCUT2D eigenvalue weighted by Crippen LogP contribution is -2.17. The van der Waals surface area contributed by atoms with E-state index >= 15 is 0 Å². The number of hydrogen-bond donors (Lipinski definition) is 2. The predicted molar refractivity (Wildman–Crippen MR) is 117 cm³/mol. The molecule has 156 valence electrons. The Kier molecular flexibility index (Phi) is 4.71. The maximum absolute atomic E-state index is 12.9. The van der Waals surface area contributed by atoms with Crippen molar-refractivity contribution in [2.45, 2.75) is 25.7 Å². The van der Waals surface area contributed by atoms with E-state index in [1.54, 1.807) is 41.2 Å². The molecule has 2 aromatic heterocycles. The summed E-state index contributed by atoms with van der Waals surface area (Å²) in [7, 11) is 0. The first kappa shape index (κ1) is 19.3. The number of hydrogen-bond acceptors (Lipinski definition) is 4. The van der Waals surface area contributed by atoms with Crippen LogP contribution in [0.2, 0.25) is 5.02 Å². The summed E-state index contributed by atoms with van der Waals surface area (Å²) >= 11 is 6.35. The van der Waals surface area contributed by atoms with Crippen molar-refractivity contribution >= 4 is 23.2 Å². The van der Waals surface area contributed by atoms with E-state index < -0.39 is 5.91 Å². The SMILES string of the molecule is Cc1c[nH]c(=O)n1-c1cccc(NC(=O)c2nc(C3CC3)n(-c3ccccc3Cl)n2)c1. The number of carbonyl (C=O) groups is 1. The molecule has 1 aliphatic carbocycles. The summed E-state index contributed by atoms with van der Waals surface area (Å²) in [4.78, 5) is 32.1. The van der Waals surface area contributed by atoms with Gasteiger partial charge in [-0.15, -0.1) is 5.10 Å². The summed E-state index contributed by atoms with van der Waals surface area (Å²) in [5.74, 6) is 0.656. The lowest BCUT2D eigenvalue weighted by molar-refractivity contribution is 0.101. The van der Waals surface area contributed by atoms with Gasteiger partial charge in [-0.05, 0) is 50.1 Å². The standard InChI is InChI=1S/C22H19ClN6O2/c1-13-12-24-22(31)28(13)16-6-4-5-15(11-16)25-21(30)19-26-20(14-9-10-14)29(27-19)18-8-3-2-7-17(18)23/h2-8,11-12,14H,9-10H2,1H3,(H,24,31)(H,25,30). The van der Waals surface area contributed by atoms with Crippen LogP contribution in [0.1, 0.15) is 40.9 Å². The fourth-order valence-electron chi connectivity index (χ4n) is 3.51. The Morgan fingerprint density at radius 1 is 1.19 bits per heavy atom. The van der Waals surface area contributed by atoms with Crippen LogP contribution in [0, 0.1) is 6.92 Å². The van der Waals surface area contributed by atoms with Gasteiger partial charge in [0, 0.05) is 23.5 Å². The maximum atomic E-state index is 12.9. The van der Waals surface area contributed by atoms with Gasteiger partial charge in [-0.3, -0.25) is 9.36 Å². The minimum atomic E-state index is -0.428. The average Bonchev–Trinajstić information content (AvgIpc) is 3.42. The topological polar surface area (TPSA) is 97.6 Å². The van der Waals surface area contributed by atoms with Gasteiger partial charge in [-0.25, -0.2) is 14.5 Å². The molecule has 1 saturated carbocycles. The van der Waals surface area contributed by atoms with Crippen LogP contribution in [0.25, 0.3) is 11.4 Å². The maximum Gasteiger partial charge on any atom is 0.330 e. The van der Waals surface area contributed by atoms with Crippen molar-refractivity contribution in [1.29, 1.82) is 0 Å². The van der Waals surface area contributed by atoms with Crippen LogP contribution in [-0.2, 0) is 0 Å². The van der Waals surface area contributed by atoms with Crippen molar-refractivity contribution in [3.05, 3.63) is 87.6 Å². The lowest BCUT2D eigenvalue weighted by atomic mass is 10.2. The zero-order valence-corrected chi connectivity index (χ0v) is 17.4. The van der Waals surface area contributed by atoms with Crippen molar-refractivity contribution in [3.63, 3.8) is 0 Å². The predicted octanol–water partition coefficient (Wildman–Crippen LogP) is 3.84. The quantitative estimate of drug-likeness (QED) is 0.498. The number of H-pyrrole nitrogens is 1. The number of nitrogens with zero attached hydrogens (tertiary/aromatic N) is 4. The molecule has 31 heavy (non-hydrogen) atoms. The first-order valence-corrected chi connectivity index (χ1v) is 10.3. The number of amides is 1. The summed E-state index contributed by atoms with van der Waals surface area (Å²) in [5, 5.41) is 7.82. The van der Waals surface area contributed by atoms with E-state index in [0.29, 0.717) is 22.1 Å². The number of carbonyl (C=O) groups excluding carboxylic acids is 1. The second-order valence-electron chi connectivity index (χ2n) is 7.51. The highest BCUT2D eigenvalue weighted by atomic mass is 35.5. The molecule has 0 unspecified atom stereocenters. The van der Waals surface area contributed by atoms with Crippen LogP contribution in [0.15, 0.2) is 59.5 Å². The third-order valence-electron chi connectivity index (χ3n) is 5.18. The van der Waals surface area contributed by atoms with Crippen LogP contribution in [0.5, 0.6) is 0 Å². The number of anilines is 1. The van der Waals surface area contributed by atoms with Gasteiger partial charge in [0.25, 0.3) is 5.91 Å². The second kappa shape index (κ2) is 7.55. The molecule has 0 atom stereocenters. The van der Waals surface area contributed by atoms with E-state index in [1.165, 1.54) is 4.57 Å². The van der Waals surface area contributed by atoms with E-state index in [-0.39, 0.29) is 17.4 Å². The summed E-state index contributed by atoms with van der Waals surface area (Å²) < 4.78 is 3.19. The Bertz CT molecular complexity index is 1350. The summed E-state index contributed by atoms with van der Waals surface area (Å²) in [6, 6.07) is 14.4. The van der Waals surface area contributed by atoms with Gasteiger partial charge in [0.15, 0.2) is 0 Å². The van der Waals surface area contributed by atoms with E-state index in [1.807, 2.05) is 25.1 Å². The van der Waals surface area contributed by atoms with Crippen LogP contribution in [0.4, 0.5) is 5.69 Å². The number of aromatic amines is 1. The zero-order valence-electron chi connectivity index (χ0n) is 16.7. The highest BCUT2D eigenvalue weighted by Gasteiger charge is 2.32. The monoisotopic (exact) mass is 434 g/mol. The molecule has 2 N–H and O–H groups in total. The number of halogens is 1. The minimum Gasteiger partial charge on any atom is -0.319 e. The van der Waals surface area contributed by atoms with Crippen LogP contribution < -0.4 is 11.0 Å². The number of nitrogens with one attached hydrogen (secondary N) is 2. The molecule has 5 rings (SSSR count). The van der Waals surface area contributed by atoms with E-state index in [0.717, 1.165) is 24.4 Å². The summed E-state index contributed by atoms with van der Waals surface area (Å²) in [5.41, 5.74) is 2.41. The Labute approximate surface area is 182 Å². The van der Waals surface area contributed by atoms with Crippen molar-refractivity contribution in [2.24, 2.45) is 0 Å². The average molecular weight is 435 g/mol. The van der Waals surface area contributed by atoms with Gasteiger partial charge in [0.1, 0.15) is 5.82 Å². The third-order valence-corrected chi connectivity index (χ3v) is 5.50. The van der Waals surface area contributed by atoms with Gasteiger partial charge >= 0.3 is 5.69 Å². The highest BCUT2D eigenvalue weighted by Crippen LogP contribution is 2.40. The first-order chi connectivity index (χ1) is 15.0. The van der Waals surface area contributed by atoms with Crippen LogP contribution >= 0.6 is 11.6 Å². The molecule has 4 aromatic rings. The summed E-state index contributed by atoms with van der Waals surface area (Å²) in [6.45, 7) is 1.83. The normalized spacial score (nSPS) is 13.4. The van der Waals surface area contributed by atoms with Gasteiger partial charge in [0.05, 0.1) is 16.4 Å². The van der Waals surface area contributed by atoms with Crippen molar-refractivity contribution in [3.8, 4) is 11.4 Å². The molecule has 0 aliphatic heterocycles. The Morgan fingerprint density at radius 3 is 2.71 bits per heavy atom. The molecule has 8 nitrogen and oxygen atoms in total. The lowest BCUT2D eigenvalue weighted by Gasteiger charge is -2.08. The second-order valence-corrected chi connectivity index (χ2v) is 7.91. The smallest absolute Gasteiger partial charge is 0.319 e. The molecular weight excluding hydrogens is 416 g/mol. The Hall–Kier alpha value is -3.65. The molecule has 1 fully saturated rings. The molecule has 9 heteroatoms. The molecule has 0 radical (unpaired) electrons. The number of aromatic nitrogens is 5. The largest absolute Gasteiger partial charge is 0.330 e. The molecular formula is C22H19ClN6O2. The highest BCUT2D eigenvalue weighted by molar-refractivity contribution is 6.32. The number of para-hydroxylation sites is 1. The number of aryl methyl sites for hydroxylation is 1. The van der Waals surface area contributed by atoms with Gasteiger partial charge < -0.3 is 10.3 Å².